The lowest BCUT2D eigenvalue weighted by atomic mass is 10.0. The van der Waals surface area contributed by atoms with E-state index in [1.54, 1.807) is 29.7 Å². The number of thiophene rings is 1. The van der Waals surface area contributed by atoms with Crippen LogP contribution in [0.15, 0.2) is 47.3 Å². The summed E-state index contributed by atoms with van der Waals surface area (Å²) in [4.78, 5) is 8.80. The van der Waals surface area contributed by atoms with Crippen LogP contribution in [-0.4, -0.2) is 27.7 Å². The molecule has 0 aliphatic carbocycles. The lowest BCUT2D eigenvalue weighted by molar-refractivity contribution is 0.477. The molecule has 4 N–H and O–H groups in total. The first-order valence-electron chi connectivity index (χ1n) is 7.86. The van der Waals surface area contributed by atoms with E-state index < -0.39 is 0 Å². The van der Waals surface area contributed by atoms with Crippen LogP contribution >= 0.6 is 11.3 Å². The molecule has 0 unspecified atom stereocenters. The molecule has 2 heterocycles. The lowest BCUT2D eigenvalue weighted by Gasteiger charge is -2.12. The number of nitrogens with two attached hydrogens (primary N) is 1. The number of anilines is 1. The van der Waals surface area contributed by atoms with E-state index in [4.69, 9.17) is 5.73 Å². The smallest absolute Gasteiger partial charge is 0.165 e. The van der Waals surface area contributed by atoms with Crippen LogP contribution in [0.1, 0.15) is 13.3 Å². The maximum atomic E-state index is 10.2. The highest BCUT2D eigenvalue weighted by atomic mass is 32.1. The Labute approximate surface area is 145 Å². The summed E-state index contributed by atoms with van der Waals surface area (Å²) in [7, 11) is 0. The quantitative estimate of drug-likeness (QED) is 0.637. The molecule has 0 aliphatic heterocycles. The molecule has 2 aromatic heterocycles. The zero-order valence-electron chi connectivity index (χ0n) is 13.4. The minimum Gasteiger partial charge on any atom is -0.507 e. The van der Waals surface area contributed by atoms with Gasteiger partial charge in [0.15, 0.2) is 5.82 Å². The molecule has 0 saturated carbocycles. The number of benzene rings is 1. The maximum Gasteiger partial charge on any atom is 0.165 e. The Morgan fingerprint density at radius 3 is 2.88 bits per heavy atom. The van der Waals surface area contributed by atoms with E-state index in [0.717, 1.165) is 17.5 Å². The van der Waals surface area contributed by atoms with Crippen LogP contribution in [0.2, 0.25) is 0 Å². The first-order chi connectivity index (χ1) is 11.7. The van der Waals surface area contributed by atoms with Crippen molar-refractivity contribution < 1.29 is 5.11 Å². The van der Waals surface area contributed by atoms with Gasteiger partial charge in [-0.2, -0.15) is 11.3 Å². The van der Waals surface area contributed by atoms with Gasteiger partial charge >= 0.3 is 0 Å². The number of hydrogen-bond acceptors (Lipinski definition) is 6. The minimum atomic E-state index is 0.0822. The molecule has 24 heavy (non-hydrogen) atoms. The van der Waals surface area contributed by atoms with Crippen molar-refractivity contribution in [1.29, 1.82) is 0 Å². The summed E-state index contributed by atoms with van der Waals surface area (Å²) >= 11 is 1.64. The third-order valence-corrected chi connectivity index (χ3v) is 4.50. The summed E-state index contributed by atoms with van der Waals surface area (Å²) in [5.74, 6) is 1.35. The average molecular weight is 340 g/mol. The Morgan fingerprint density at radius 1 is 1.25 bits per heavy atom. The summed E-state index contributed by atoms with van der Waals surface area (Å²) < 4.78 is 0. The molecule has 3 rings (SSSR count). The molecule has 0 aliphatic rings. The molecule has 0 spiro atoms. The Kier molecular flexibility index (Phi) is 5.08. The summed E-state index contributed by atoms with van der Waals surface area (Å²) in [6.07, 6.45) is 2.58. The van der Waals surface area contributed by atoms with Gasteiger partial charge in [-0.3, -0.25) is 0 Å². The van der Waals surface area contributed by atoms with Crippen molar-refractivity contribution in [2.45, 2.75) is 19.4 Å². The molecule has 1 atom stereocenters. The van der Waals surface area contributed by atoms with Crippen LogP contribution in [-0.2, 0) is 0 Å². The van der Waals surface area contributed by atoms with E-state index in [1.807, 2.05) is 30.5 Å². The van der Waals surface area contributed by atoms with Gasteiger partial charge < -0.3 is 16.2 Å². The van der Waals surface area contributed by atoms with Crippen molar-refractivity contribution >= 4 is 17.2 Å². The van der Waals surface area contributed by atoms with Crippen molar-refractivity contribution in [3.05, 3.63) is 47.3 Å². The van der Waals surface area contributed by atoms with Gasteiger partial charge in [0.2, 0.25) is 0 Å². The first-order valence-corrected chi connectivity index (χ1v) is 8.80. The number of nitrogens with one attached hydrogen (secondary N) is 1. The normalized spacial score (nSPS) is 12.1. The summed E-state index contributed by atoms with van der Waals surface area (Å²) in [6.45, 7) is 2.69. The largest absolute Gasteiger partial charge is 0.507 e. The van der Waals surface area contributed by atoms with Gasteiger partial charge in [-0.05, 0) is 52.6 Å². The highest BCUT2D eigenvalue weighted by molar-refractivity contribution is 7.08. The molecule has 124 valence electrons. The number of aromatic hydroxyl groups is 1. The van der Waals surface area contributed by atoms with Gasteiger partial charge in [0, 0.05) is 18.8 Å². The molecule has 1 aromatic carbocycles. The molecule has 0 fully saturated rings. The van der Waals surface area contributed by atoms with Gasteiger partial charge in [0.25, 0.3) is 0 Å². The molecule has 0 radical (unpaired) electrons. The van der Waals surface area contributed by atoms with E-state index in [-0.39, 0.29) is 11.8 Å². The maximum absolute atomic E-state index is 10.2. The van der Waals surface area contributed by atoms with Gasteiger partial charge in [0.1, 0.15) is 11.6 Å². The van der Waals surface area contributed by atoms with Crippen molar-refractivity contribution in [3.63, 3.8) is 0 Å². The zero-order valence-corrected chi connectivity index (χ0v) is 14.3. The van der Waals surface area contributed by atoms with Crippen LogP contribution in [0.25, 0.3) is 22.5 Å². The van der Waals surface area contributed by atoms with E-state index in [1.165, 1.54) is 0 Å². The molecule has 0 saturated heterocycles. The number of phenolic OH excluding ortho intramolecular Hbond substituents is 1. The van der Waals surface area contributed by atoms with Crippen LogP contribution < -0.4 is 11.1 Å². The van der Waals surface area contributed by atoms with E-state index in [2.05, 4.69) is 20.7 Å². The van der Waals surface area contributed by atoms with Gasteiger partial charge in [-0.15, -0.1) is 0 Å². The van der Waals surface area contributed by atoms with Gasteiger partial charge in [-0.1, -0.05) is 13.0 Å². The predicted molar refractivity (Wildman–Crippen MR) is 99.2 cm³/mol. The highest BCUT2D eigenvalue weighted by Crippen LogP contribution is 2.32. The van der Waals surface area contributed by atoms with E-state index >= 15 is 0 Å². The van der Waals surface area contributed by atoms with Crippen LogP contribution in [0.5, 0.6) is 5.75 Å². The highest BCUT2D eigenvalue weighted by Gasteiger charge is 2.11. The standard InChI is InChI=1S/C18H20N4OS/c1-2-14(19)10-21-17-5-7-20-18(22-17)15-9-12(3-4-16(15)23)13-6-8-24-11-13/h3-9,11,14,23H,2,10,19H2,1H3,(H,20,21,22)/t14-/m0/s1. The van der Waals surface area contributed by atoms with Crippen LogP contribution in [0, 0.1) is 0 Å². The van der Waals surface area contributed by atoms with Crippen molar-refractivity contribution in [3.8, 4) is 28.3 Å². The number of hydrogen-bond donors (Lipinski definition) is 3. The van der Waals surface area contributed by atoms with Crippen molar-refractivity contribution in [2.75, 3.05) is 11.9 Å². The third-order valence-electron chi connectivity index (χ3n) is 3.82. The fourth-order valence-electron chi connectivity index (χ4n) is 2.29. The fraction of sp³-hybridized carbons (Fsp3) is 0.222. The minimum absolute atomic E-state index is 0.0822. The van der Waals surface area contributed by atoms with Gasteiger partial charge in [0.05, 0.1) is 5.56 Å². The Hall–Kier alpha value is -2.44. The zero-order chi connectivity index (χ0) is 16.9. The number of rotatable bonds is 6. The average Bonchev–Trinajstić information content (AvgIpc) is 3.15. The van der Waals surface area contributed by atoms with E-state index in [9.17, 15) is 5.11 Å². The monoisotopic (exact) mass is 340 g/mol. The third kappa shape index (κ3) is 3.72. The van der Waals surface area contributed by atoms with Crippen LogP contribution in [0.4, 0.5) is 5.82 Å². The predicted octanol–water partition coefficient (Wildman–Crippen LogP) is 3.73. The first kappa shape index (κ1) is 16.4. The van der Waals surface area contributed by atoms with Gasteiger partial charge in [-0.25, -0.2) is 9.97 Å². The second-order valence-electron chi connectivity index (χ2n) is 5.56. The molecular weight excluding hydrogens is 320 g/mol. The lowest BCUT2D eigenvalue weighted by Crippen LogP contribution is -2.28. The van der Waals surface area contributed by atoms with E-state index in [0.29, 0.717) is 23.8 Å². The van der Waals surface area contributed by atoms with Crippen molar-refractivity contribution in [1.82, 2.24) is 9.97 Å². The number of nitrogens with zero attached hydrogens (tertiary/aromatic N) is 2. The molecular formula is C18H20N4OS. The molecule has 5 nitrogen and oxygen atoms in total. The summed E-state index contributed by atoms with van der Waals surface area (Å²) in [5, 5.41) is 17.5. The second-order valence-corrected chi connectivity index (χ2v) is 6.34. The topological polar surface area (TPSA) is 84.1 Å². The Morgan fingerprint density at radius 2 is 2.12 bits per heavy atom. The number of phenols is 1. The SMILES string of the molecule is CC[C@H](N)CNc1ccnc(-c2cc(-c3ccsc3)ccc2O)n1. The molecule has 0 amide bonds. The molecule has 3 aromatic rings. The summed E-state index contributed by atoms with van der Waals surface area (Å²) in [6, 6.07) is 9.41. The fourth-order valence-corrected chi connectivity index (χ4v) is 2.96. The second kappa shape index (κ2) is 7.42. The Balaban J connectivity index is 1.90. The summed E-state index contributed by atoms with van der Waals surface area (Å²) in [5.41, 5.74) is 8.68. The molecule has 6 heteroatoms. The Bertz CT molecular complexity index is 805. The number of aromatic nitrogens is 2. The van der Waals surface area contributed by atoms with Crippen molar-refractivity contribution in [2.24, 2.45) is 5.73 Å². The molecule has 0 bridgehead atoms. The van der Waals surface area contributed by atoms with Crippen LogP contribution in [0.3, 0.4) is 0 Å².